The highest BCUT2D eigenvalue weighted by Crippen LogP contribution is 2.16. The smallest absolute Gasteiger partial charge is 0.0462 e. The monoisotopic (exact) mass is 129 g/mol. The van der Waals surface area contributed by atoms with Gasteiger partial charge < -0.3 is 10.4 Å². The molecule has 1 fully saturated rings. The number of piperidine rings is 1. The summed E-state index contributed by atoms with van der Waals surface area (Å²) in [6.45, 7) is 4.71. The Hall–Kier alpha value is -0.0800. The van der Waals surface area contributed by atoms with Crippen LogP contribution in [-0.2, 0) is 0 Å². The fourth-order valence-electron chi connectivity index (χ4n) is 1.34. The average Bonchev–Trinajstić information content (AvgIpc) is 1.89. The van der Waals surface area contributed by atoms with Crippen molar-refractivity contribution in [3.05, 3.63) is 0 Å². The van der Waals surface area contributed by atoms with E-state index in [1.807, 2.05) is 0 Å². The Morgan fingerprint density at radius 1 is 1.67 bits per heavy atom. The number of nitrogens with one attached hydrogen (secondary N) is 1. The summed E-state index contributed by atoms with van der Waals surface area (Å²) in [5.74, 6) is 1.20. The topological polar surface area (TPSA) is 32.3 Å². The second-order valence-corrected chi connectivity index (χ2v) is 2.91. The largest absolute Gasteiger partial charge is 0.396 e. The molecule has 0 amide bonds. The maximum absolute atomic E-state index is 8.83. The minimum Gasteiger partial charge on any atom is -0.396 e. The van der Waals surface area contributed by atoms with Crippen molar-refractivity contribution in [1.29, 1.82) is 0 Å². The van der Waals surface area contributed by atoms with Crippen LogP contribution in [0.4, 0.5) is 0 Å². The van der Waals surface area contributed by atoms with E-state index in [2.05, 4.69) is 12.2 Å². The van der Waals surface area contributed by atoms with Gasteiger partial charge in [-0.15, -0.1) is 0 Å². The summed E-state index contributed by atoms with van der Waals surface area (Å²) in [6, 6.07) is 0. The first-order valence-corrected chi connectivity index (χ1v) is 3.66. The zero-order valence-electron chi connectivity index (χ0n) is 5.93. The zero-order chi connectivity index (χ0) is 6.69. The van der Waals surface area contributed by atoms with E-state index in [9.17, 15) is 0 Å². The first-order valence-electron chi connectivity index (χ1n) is 3.66. The van der Waals surface area contributed by atoms with Crippen LogP contribution in [0.2, 0.25) is 0 Å². The molecule has 0 spiro atoms. The maximum atomic E-state index is 8.83. The first kappa shape index (κ1) is 7.03. The molecule has 0 aromatic rings. The summed E-state index contributed by atoms with van der Waals surface area (Å²) in [6.07, 6.45) is 1.14. The van der Waals surface area contributed by atoms with E-state index < -0.39 is 0 Å². The van der Waals surface area contributed by atoms with E-state index in [1.54, 1.807) is 0 Å². The number of aliphatic hydroxyl groups excluding tert-OH is 1. The highest BCUT2D eigenvalue weighted by Gasteiger charge is 2.19. The Balaban J connectivity index is 2.30. The van der Waals surface area contributed by atoms with Crippen molar-refractivity contribution >= 4 is 0 Å². The van der Waals surface area contributed by atoms with Crippen molar-refractivity contribution in [3.63, 3.8) is 0 Å². The molecule has 0 saturated carbocycles. The second kappa shape index (κ2) is 3.18. The van der Waals surface area contributed by atoms with Gasteiger partial charge >= 0.3 is 0 Å². The third-order valence-corrected chi connectivity index (χ3v) is 2.20. The molecule has 0 aromatic heterocycles. The summed E-state index contributed by atoms with van der Waals surface area (Å²) in [4.78, 5) is 0. The molecule has 1 heterocycles. The van der Waals surface area contributed by atoms with Crippen molar-refractivity contribution in [2.45, 2.75) is 13.3 Å². The third-order valence-electron chi connectivity index (χ3n) is 2.20. The molecule has 1 unspecified atom stereocenters. The Morgan fingerprint density at radius 2 is 2.44 bits per heavy atom. The molecule has 0 bridgehead atoms. The summed E-state index contributed by atoms with van der Waals surface area (Å²) in [7, 11) is 0. The number of hydrogen-bond donors (Lipinski definition) is 2. The number of rotatable bonds is 1. The van der Waals surface area contributed by atoms with Crippen molar-refractivity contribution in [3.8, 4) is 0 Å². The van der Waals surface area contributed by atoms with Crippen molar-refractivity contribution in [2.75, 3.05) is 19.7 Å². The number of hydrogen-bond acceptors (Lipinski definition) is 2. The lowest BCUT2D eigenvalue weighted by molar-refractivity contribution is 0.153. The van der Waals surface area contributed by atoms with Gasteiger partial charge in [-0.2, -0.15) is 0 Å². The predicted molar refractivity (Wildman–Crippen MR) is 37.2 cm³/mol. The van der Waals surface area contributed by atoms with Crippen molar-refractivity contribution < 1.29 is 5.11 Å². The molecule has 54 valence electrons. The highest BCUT2D eigenvalue weighted by molar-refractivity contribution is 4.73. The molecule has 0 aromatic carbocycles. The van der Waals surface area contributed by atoms with Gasteiger partial charge in [0.05, 0.1) is 0 Å². The van der Waals surface area contributed by atoms with Gasteiger partial charge in [-0.25, -0.2) is 0 Å². The van der Waals surface area contributed by atoms with Crippen LogP contribution in [0, 0.1) is 11.8 Å². The molecule has 2 nitrogen and oxygen atoms in total. The fraction of sp³-hybridized carbons (Fsp3) is 1.00. The van der Waals surface area contributed by atoms with Gasteiger partial charge in [-0.05, 0) is 31.3 Å². The van der Waals surface area contributed by atoms with Crippen LogP contribution in [0.1, 0.15) is 13.3 Å². The molecule has 2 N–H and O–H groups in total. The lowest BCUT2D eigenvalue weighted by Crippen LogP contribution is -2.36. The van der Waals surface area contributed by atoms with E-state index in [0.29, 0.717) is 18.4 Å². The van der Waals surface area contributed by atoms with Gasteiger partial charge in [0.15, 0.2) is 0 Å². The summed E-state index contributed by atoms with van der Waals surface area (Å²) >= 11 is 0. The Kier molecular flexibility index (Phi) is 2.49. The lowest BCUT2D eigenvalue weighted by atomic mass is 9.89. The van der Waals surface area contributed by atoms with Gasteiger partial charge in [-0.3, -0.25) is 0 Å². The SMILES string of the molecule is C[C@@H]1CNCCC1CO. The third kappa shape index (κ3) is 1.66. The van der Waals surface area contributed by atoms with E-state index in [0.717, 1.165) is 19.5 Å². The van der Waals surface area contributed by atoms with Crippen molar-refractivity contribution in [1.82, 2.24) is 5.32 Å². The molecule has 1 aliphatic rings. The zero-order valence-corrected chi connectivity index (χ0v) is 5.93. The average molecular weight is 129 g/mol. The minimum absolute atomic E-state index is 0.364. The van der Waals surface area contributed by atoms with Gasteiger partial charge in [0.25, 0.3) is 0 Å². The summed E-state index contributed by atoms with van der Waals surface area (Å²) in [5.41, 5.74) is 0. The first-order chi connectivity index (χ1) is 4.34. The van der Waals surface area contributed by atoms with Crippen LogP contribution < -0.4 is 5.32 Å². The van der Waals surface area contributed by atoms with Crippen LogP contribution in [0.3, 0.4) is 0 Å². The molecule has 0 radical (unpaired) electrons. The molecule has 0 aliphatic carbocycles. The predicted octanol–water partition coefficient (Wildman–Crippen LogP) is 0.224. The summed E-state index contributed by atoms with van der Waals surface area (Å²) < 4.78 is 0. The molecular formula is C7H15NO. The standard InChI is InChI=1S/C7H15NO/c1-6-4-8-3-2-7(6)5-9/h6-9H,2-5H2,1H3/t6-,7?/m1/s1. The van der Waals surface area contributed by atoms with Gasteiger partial charge in [0, 0.05) is 6.61 Å². The van der Waals surface area contributed by atoms with E-state index in [-0.39, 0.29) is 0 Å². The van der Waals surface area contributed by atoms with Gasteiger partial charge in [0.1, 0.15) is 0 Å². The second-order valence-electron chi connectivity index (χ2n) is 2.91. The Bertz CT molecular complexity index is 85.0. The molecule has 2 atom stereocenters. The molecule has 2 heteroatoms. The molecule has 9 heavy (non-hydrogen) atoms. The van der Waals surface area contributed by atoms with Crippen LogP contribution in [-0.4, -0.2) is 24.8 Å². The molecular weight excluding hydrogens is 114 g/mol. The van der Waals surface area contributed by atoms with E-state index in [1.165, 1.54) is 0 Å². The van der Waals surface area contributed by atoms with Crippen LogP contribution >= 0.6 is 0 Å². The van der Waals surface area contributed by atoms with E-state index >= 15 is 0 Å². The minimum atomic E-state index is 0.364. The van der Waals surface area contributed by atoms with Gasteiger partial charge in [0.2, 0.25) is 0 Å². The van der Waals surface area contributed by atoms with Crippen molar-refractivity contribution in [2.24, 2.45) is 11.8 Å². The Labute approximate surface area is 56.3 Å². The van der Waals surface area contributed by atoms with Crippen LogP contribution in [0.15, 0.2) is 0 Å². The fourth-order valence-corrected chi connectivity index (χ4v) is 1.34. The molecule has 1 aliphatic heterocycles. The Morgan fingerprint density at radius 3 is 2.89 bits per heavy atom. The number of aliphatic hydroxyl groups is 1. The summed E-state index contributed by atoms with van der Waals surface area (Å²) in [5, 5.41) is 12.1. The molecule has 1 saturated heterocycles. The quantitative estimate of drug-likeness (QED) is 0.531. The lowest BCUT2D eigenvalue weighted by Gasteiger charge is -2.27. The highest BCUT2D eigenvalue weighted by atomic mass is 16.3. The molecule has 1 rings (SSSR count). The van der Waals surface area contributed by atoms with Gasteiger partial charge in [-0.1, -0.05) is 6.92 Å². The van der Waals surface area contributed by atoms with E-state index in [4.69, 9.17) is 5.11 Å². The van der Waals surface area contributed by atoms with Crippen LogP contribution in [0.25, 0.3) is 0 Å². The van der Waals surface area contributed by atoms with Crippen LogP contribution in [0.5, 0.6) is 0 Å². The maximum Gasteiger partial charge on any atom is 0.0462 e. The normalized spacial score (nSPS) is 36.7.